The number of fused-ring (bicyclic) bond motifs is 1. The van der Waals surface area contributed by atoms with E-state index in [-0.39, 0.29) is 29.8 Å². The fourth-order valence-electron chi connectivity index (χ4n) is 3.26. The zero-order valence-electron chi connectivity index (χ0n) is 16.8. The van der Waals surface area contributed by atoms with Crippen LogP contribution in [0, 0.1) is 0 Å². The molecule has 0 radical (unpaired) electrons. The minimum atomic E-state index is -0.633. The van der Waals surface area contributed by atoms with Gasteiger partial charge in [0, 0.05) is 22.7 Å². The summed E-state index contributed by atoms with van der Waals surface area (Å²) in [5.74, 6) is -1.05. The molecule has 2 aromatic heterocycles. The summed E-state index contributed by atoms with van der Waals surface area (Å²) in [6, 6.07) is 10.2. The fraction of sp³-hybridized carbons (Fsp3) is 0.227. The van der Waals surface area contributed by atoms with E-state index < -0.39 is 5.54 Å². The maximum atomic E-state index is 12.7. The van der Waals surface area contributed by atoms with Crippen molar-refractivity contribution < 1.29 is 14.4 Å². The highest BCUT2D eigenvalue weighted by Gasteiger charge is 2.42. The lowest BCUT2D eigenvalue weighted by Gasteiger charge is -2.29. The molecule has 1 aliphatic rings. The third kappa shape index (κ3) is 3.61. The lowest BCUT2D eigenvalue weighted by atomic mass is 10.1. The van der Waals surface area contributed by atoms with Gasteiger partial charge in [0.25, 0.3) is 17.7 Å². The van der Waals surface area contributed by atoms with Crippen LogP contribution in [0.3, 0.4) is 0 Å². The van der Waals surface area contributed by atoms with E-state index in [0.29, 0.717) is 11.1 Å². The van der Waals surface area contributed by atoms with Gasteiger partial charge in [0.1, 0.15) is 5.01 Å². The highest BCUT2D eigenvalue weighted by atomic mass is 32.1. The van der Waals surface area contributed by atoms with Gasteiger partial charge in [-0.25, -0.2) is 4.98 Å². The second-order valence-corrected chi connectivity index (χ2v) is 8.78. The lowest BCUT2D eigenvalue weighted by Crippen LogP contribution is -2.45. The summed E-state index contributed by atoms with van der Waals surface area (Å²) in [5, 5.41) is 5.47. The van der Waals surface area contributed by atoms with E-state index in [1.54, 1.807) is 33.0 Å². The molecule has 0 fully saturated rings. The average molecular weight is 420 g/mol. The quantitative estimate of drug-likeness (QED) is 0.652. The second kappa shape index (κ2) is 7.46. The maximum Gasteiger partial charge on any atom is 0.262 e. The molecule has 1 aliphatic heterocycles. The smallest absolute Gasteiger partial charge is 0.262 e. The van der Waals surface area contributed by atoms with E-state index >= 15 is 0 Å². The van der Waals surface area contributed by atoms with Crippen molar-refractivity contribution in [2.45, 2.75) is 32.9 Å². The van der Waals surface area contributed by atoms with Crippen LogP contribution in [-0.2, 0) is 6.54 Å². The van der Waals surface area contributed by atoms with E-state index in [0.717, 1.165) is 16.4 Å². The molecular formula is C22H20N4O3S. The molecule has 0 bridgehead atoms. The van der Waals surface area contributed by atoms with Crippen molar-refractivity contribution >= 4 is 29.1 Å². The molecule has 3 amide bonds. The summed E-state index contributed by atoms with van der Waals surface area (Å²) in [6.07, 6.45) is 1.71. The van der Waals surface area contributed by atoms with E-state index in [1.165, 1.54) is 28.4 Å². The number of nitrogens with zero attached hydrogens (tertiary/aromatic N) is 3. The van der Waals surface area contributed by atoms with Gasteiger partial charge in [0.15, 0.2) is 0 Å². The van der Waals surface area contributed by atoms with Gasteiger partial charge in [0.05, 0.1) is 29.1 Å². The molecule has 0 saturated carbocycles. The zero-order chi connectivity index (χ0) is 21.5. The monoisotopic (exact) mass is 420 g/mol. The van der Waals surface area contributed by atoms with Gasteiger partial charge in [-0.3, -0.25) is 24.3 Å². The molecule has 0 saturated heterocycles. The number of benzene rings is 1. The van der Waals surface area contributed by atoms with Crippen molar-refractivity contribution in [1.82, 2.24) is 20.2 Å². The minimum Gasteiger partial charge on any atom is -0.346 e. The largest absolute Gasteiger partial charge is 0.346 e. The second-order valence-electron chi connectivity index (χ2n) is 7.92. The van der Waals surface area contributed by atoms with Gasteiger partial charge in [0.2, 0.25) is 0 Å². The number of rotatable bonds is 4. The molecular weight excluding hydrogens is 400 g/mol. The summed E-state index contributed by atoms with van der Waals surface area (Å²) >= 11 is 1.46. The Balaban J connectivity index is 1.47. The van der Waals surface area contributed by atoms with Gasteiger partial charge in [-0.2, -0.15) is 0 Å². The van der Waals surface area contributed by atoms with E-state index in [9.17, 15) is 14.4 Å². The molecule has 30 heavy (non-hydrogen) atoms. The van der Waals surface area contributed by atoms with E-state index in [1.807, 2.05) is 23.6 Å². The van der Waals surface area contributed by atoms with Gasteiger partial charge in [-0.05, 0) is 51.1 Å². The first-order valence-electron chi connectivity index (χ1n) is 9.42. The molecule has 3 heterocycles. The molecule has 7 nitrogen and oxygen atoms in total. The Morgan fingerprint density at radius 2 is 1.87 bits per heavy atom. The summed E-state index contributed by atoms with van der Waals surface area (Å²) in [6.45, 7) is 5.65. The van der Waals surface area contributed by atoms with Crippen LogP contribution >= 0.6 is 11.3 Å². The number of thiazole rings is 1. The first-order valence-corrected chi connectivity index (χ1v) is 10.3. The molecule has 3 aromatic rings. The maximum absolute atomic E-state index is 12.7. The number of imide groups is 1. The Morgan fingerprint density at radius 3 is 2.57 bits per heavy atom. The highest BCUT2D eigenvalue weighted by Crippen LogP contribution is 2.30. The molecule has 4 rings (SSSR count). The molecule has 1 N–H and O–H groups in total. The lowest BCUT2D eigenvalue weighted by molar-refractivity contribution is 0.0507. The van der Waals surface area contributed by atoms with Crippen LogP contribution in [0.5, 0.6) is 0 Å². The number of carbonyl (C=O) groups is 3. The molecule has 152 valence electrons. The Bertz CT molecular complexity index is 1150. The fourth-order valence-corrected chi connectivity index (χ4v) is 4.05. The van der Waals surface area contributed by atoms with Gasteiger partial charge in [-0.1, -0.05) is 6.07 Å². The topological polar surface area (TPSA) is 92.3 Å². The van der Waals surface area contributed by atoms with Crippen molar-refractivity contribution in [1.29, 1.82) is 0 Å². The summed E-state index contributed by atoms with van der Waals surface area (Å²) < 4.78 is 0. The Labute approximate surface area is 177 Å². The van der Waals surface area contributed by atoms with Gasteiger partial charge < -0.3 is 5.32 Å². The summed E-state index contributed by atoms with van der Waals surface area (Å²) in [5.41, 5.74) is 1.78. The number of hydrogen-bond acceptors (Lipinski definition) is 6. The number of carbonyl (C=O) groups excluding carboxylic acids is 3. The van der Waals surface area contributed by atoms with Crippen LogP contribution in [0.4, 0.5) is 0 Å². The minimum absolute atomic E-state index is 0.250. The predicted molar refractivity (Wildman–Crippen MR) is 113 cm³/mol. The van der Waals surface area contributed by atoms with Crippen molar-refractivity contribution in [3.63, 3.8) is 0 Å². The standard InChI is InChI=1S/C22H20N4O3S/c1-22(2,3)26-20(28)15-8-7-13(10-16(15)21(26)29)18(27)24-11-14-12-30-19(25-14)17-6-4-5-9-23-17/h4-10,12H,11H2,1-3H3,(H,24,27). The molecule has 0 spiro atoms. The third-order valence-electron chi connectivity index (χ3n) is 4.69. The Morgan fingerprint density at radius 1 is 1.10 bits per heavy atom. The highest BCUT2D eigenvalue weighted by molar-refractivity contribution is 7.13. The molecule has 0 aliphatic carbocycles. The van der Waals surface area contributed by atoms with Crippen molar-refractivity contribution in [3.05, 3.63) is 70.4 Å². The van der Waals surface area contributed by atoms with E-state index in [2.05, 4.69) is 15.3 Å². The van der Waals surface area contributed by atoms with Crippen molar-refractivity contribution in [3.8, 4) is 10.7 Å². The normalized spacial score (nSPS) is 13.5. The zero-order valence-corrected chi connectivity index (χ0v) is 17.6. The first kappa shape index (κ1) is 19.9. The van der Waals surface area contributed by atoms with Crippen LogP contribution in [0.2, 0.25) is 0 Å². The van der Waals surface area contributed by atoms with E-state index in [4.69, 9.17) is 0 Å². The number of pyridine rings is 1. The third-order valence-corrected chi connectivity index (χ3v) is 5.60. The number of hydrogen-bond donors (Lipinski definition) is 1. The van der Waals surface area contributed by atoms with Crippen LogP contribution in [0.15, 0.2) is 48.0 Å². The first-order chi connectivity index (χ1) is 14.3. The summed E-state index contributed by atoms with van der Waals surface area (Å²) in [7, 11) is 0. The number of amides is 3. The number of aromatic nitrogens is 2. The molecule has 8 heteroatoms. The Hall–Kier alpha value is -3.39. The average Bonchev–Trinajstić information content (AvgIpc) is 3.29. The molecule has 1 aromatic carbocycles. The Kier molecular flexibility index (Phi) is 4.95. The van der Waals surface area contributed by atoms with Crippen LogP contribution in [-0.4, -0.2) is 38.1 Å². The van der Waals surface area contributed by atoms with Gasteiger partial charge in [-0.15, -0.1) is 11.3 Å². The predicted octanol–water partition coefficient (Wildman–Crippen LogP) is 3.53. The van der Waals surface area contributed by atoms with Crippen LogP contribution in [0.1, 0.15) is 57.5 Å². The van der Waals surface area contributed by atoms with Crippen molar-refractivity contribution in [2.24, 2.45) is 0 Å². The molecule has 0 unspecified atom stereocenters. The summed E-state index contributed by atoms with van der Waals surface area (Å²) in [4.78, 5) is 47.9. The number of nitrogens with one attached hydrogen (secondary N) is 1. The van der Waals surface area contributed by atoms with Crippen LogP contribution in [0.25, 0.3) is 10.7 Å². The van der Waals surface area contributed by atoms with Gasteiger partial charge >= 0.3 is 0 Å². The SMILES string of the molecule is CC(C)(C)N1C(=O)c2ccc(C(=O)NCc3csc(-c4ccccn4)n3)cc2C1=O. The van der Waals surface area contributed by atoms with Crippen LogP contribution < -0.4 is 5.32 Å². The molecule has 0 atom stereocenters. The van der Waals surface area contributed by atoms with Crippen molar-refractivity contribution in [2.75, 3.05) is 0 Å².